The van der Waals surface area contributed by atoms with Gasteiger partial charge in [0.25, 0.3) is 11.8 Å². The fourth-order valence-corrected chi connectivity index (χ4v) is 4.00. The number of benzene rings is 1. The number of nitrogens with zero attached hydrogens (tertiary/aromatic N) is 2. The van der Waals surface area contributed by atoms with Gasteiger partial charge in [-0.2, -0.15) is 0 Å². The zero-order valence-corrected chi connectivity index (χ0v) is 19.4. The second-order valence-electron chi connectivity index (χ2n) is 8.05. The van der Waals surface area contributed by atoms with Gasteiger partial charge in [-0.1, -0.05) is 19.1 Å². The largest absolute Gasteiger partial charge is 0.481 e. The number of hydrogen-bond donors (Lipinski definition) is 2. The summed E-state index contributed by atoms with van der Waals surface area (Å²) in [6.07, 6.45) is 0.596. The van der Waals surface area contributed by atoms with Gasteiger partial charge in [0.2, 0.25) is 5.88 Å². The van der Waals surface area contributed by atoms with Crippen molar-refractivity contribution in [1.82, 2.24) is 20.2 Å². The highest BCUT2D eigenvalue weighted by Crippen LogP contribution is 2.23. The van der Waals surface area contributed by atoms with Crippen LogP contribution in [-0.2, 0) is 24.4 Å². The van der Waals surface area contributed by atoms with Gasteiger partial charge in [-0.25, -0.2) is 13.8 Å². The van der Waals surface area contributed by atoms with Crippen molar-refractivity contribution in [2.45, 2.75) is 39.1 Å². The number of hydrogen-bond acceptors (Lipinski definition) is 5. The van der Waals surface area contributed by atoms with Gasteiger partial charge in [-0.15, -0.1) is 0 Å². The van der Waals surface area contributed by atoms with E-state index in [1.165, 1.54) is 19.2 Å². The first-order valence-corrected chi connectivity index (χ1v) is 11.2. The molecule has 0 aliphatic carbocycles. The molecule has 2 N–H and O–H groups in total. The van der Waals surface area contributed by atoms with Crippen LogP contribution in [0.3, 0.4) is 0 Å². The highest BCUT2D eigenvalue weighted by molar-refractivity contribution is 6.00. The first-order valence-electron chi connectivity index (χ1n) is 11.2. The highest BCUT2D eigenvalue weighted by atomic mass is 19.1. The van der Waals surface area contributed by atoms with Crippen molar-refractivity contribution in [3.63, 3.8) is 0 Å². The van der Waals surface area contributed by atoms with Gasteiger partial charge in [0.1, 0.15) is 17.3 Å². The summed E-state index contributed by atoms with van der Waals surface area (Å²) in [5.41, 5.74) is 1.96. The Kier molecular flexibility index (Phi) is 7.40. The highest BCUT2D eigenvalue weighted by Gasteiger charge is 2.27. The number of amides is 2. The molecule has 10 heteroatoms. The van der Waals surface area contributed by atoms with Gasteiger partial charge < -0.3 is 24.7 Å². The maximum atomic E-state index is 13.9. The molecule has 0 saturated carbocycles. The van der Waals surface area contributed by atoms with E-state index < -0.39 is 17.5 Å². The molecule has 0 radical (unpaired) electrons. The average Bonchev–Trinajstić information content (AvgIpc) is 3.26. The van der Waals surface area contributed by atoms with Crippen LogP contribution < -0.4 is 15.4 Å². The summed E-state index contributed by atoms with van der Waals surface area (Å²) in [5.74, 6) is -1.83. The predicted octanol–water partition coefficient (Wildman–Crippen LogP) is 3.51. The molecule has 2 aromatic heterocycles. The number of methoxy groups -OCH3 is 1. The van der Waals surface area contributed by atoms with Crippen molar-refractivity contribution < 1.29 is 27.8 Å². The lowest BCUT2D eigenvalue weighted by Crippen LogP contribution is -2.32. The second kappa shape index (κ2) is 10.6. The Bertz CT molecular complexity index is 1240. The normalized spacial score (nSPS) is 13.6. The molecule has 1 aliphatic rings. The van der Waals surface area contributed by atoms with E-state index in [0.29, 0.717) is 42.5 Å². The molecule has 35 heavy (non-hydrogen) atoms. The molecule has 3 aromatic rings. The minimum atomic E-state index is -0.746. The van der Waals surface area contributed by atoms with Crippen LogP contribution in [0.5, 0.6) is 5.88 Å². The summed E-state index contributed by atoms with van der Waals surface area (Å²) in [6.45, 7) is 2.78. The molecule has 2 amide bonds. The van der Waals surface area contributed by atoms with Crippen LogP contribution in [0, 0.1) is 11.6 Å². The molecular weight excluding hydrogens is 458 g/mol. The molecule has 1 unspecified atom stereocenters. The summed E-state index contributed by atoms with van der Waals surface area (Å²) < 4.78 is 39.6. The summed E-state index contributed by atoms with van der Waals surface area (Å²) in [5, 5.41) is 5.63. The molecule has 184 valence electrons. The fraction of sp³-hybridized carbons (Fsp3) is 0.320. The van der Waals surface area contributed by atoms with Crippen LogP contribution in [0.15, 0.2) is 42.5 Å². The van der Waals surface area contributed by atoms with Gasteiger partial charge in [-0.3, -0.25) is 9.59 Å². The van der Waals surface area contributed by atoms with Gasteiger partial charge in [0, 0.05) is 30.8 Å². The molecule has 3 heterocycles. The third kappa shape index (κ3) is 5.32. The van der Waals surface area contributed by atoms with Crippen LogP contribution in [-0.4, -0.2) is 35.1 Å². The number of pyridine rings is 1. The minimum absolute atomic E-state index is 0.128. The smallest absolute Gasteiger partial charge is 0.268 e. The van der Waals surface area contributed by atoms with Crippen molar-refractivity contribution in [2.75, 3.05) is 13.7 Å². The third-order valence-electron chi connectivity index (χ3n) is 5.86. The molecule has 1 aromatic carbocycles. The Morgan fingerprint density at radius 2 is 2.03 bits per heavy atom. The van der Waals surface area contributed by atoms with Gasteiger partial charge in [0.05, 0.1) is 43.3 Å². The number of carbonyl (C=O) groups is 2. The molecule has 0 saturated heterocycles. The Hall–Kier alpha value is -3.79. The number of carbonyl (C=O) groups excluding carboxylic acids is 2. The van der Waals surface area contributed by atoms with Crippen LogP contribution in [0.25, 0.3) is 0 Å². The van der Waals surface area contributed by atoms with Crippen molar-refractivity contribution in [3.05, 3.63) is 82.3 Å². The summed E-state index contributed by atoms with van der Waals surface area (Å²) in [4.78, 5) is 30.6. The van der Waals surface area contributed by atoms with E-state index in [2.05, 4.69) is 15.6 Å². The van der Waals surface area contributed by atoms with Gasteiger partial charge in [-0.05, 0) is 24.6 Å². The molecular formula is C25H26F2N4O4. The Morgan fingerprint density at radius 3 is 2.77 bits per heavy atom. The van der Waals surface area contributed by atoms with Crippen LogP contribution in [0.1, 0.15) is 57.2 Å². The molecule has 1 aliphatic heterocycles. The number of ether oxygens (including phenoxy) is 2. The number of rotatable bonds is 8. The molecule has 0 bridgehead atoms. The quantitative estimate of drug-likeness (QED) is 0.510. The molecule has 1 atom stereocenters. The van der Waals surface area contributed by atoms with E-state index in [-0.39, 0.29) is 36.2 Å². The number of fused-ring (bicyclic) bond motifs is 1. The van der Waals surface area contributed by atoms with E-state index in [9.17, 15) is 18.4 Å². The number of halogens is 2. The fourth-order valence-electron chi connectivity index (χ4n) is 4.00. The summed E-state index contributed by atoms with van der Waals surface area (Å²) >= 11 is 0. The van der Waals surface area contributed by atoms with Crippen molar-refractivity contribution in [3.8, 4) is 5.88 Å². The first-order chi connectivity index (χ1) is 16.9. The van der Waals surface area contributed by atoms with Gasteiger partial charge in [0.15, 0.2) is 0 Å². The summed E-state index contributed by atoms with van der Waals surface area (Å²) in [7, 11) is 1.53. The molecule has 8 nitrogen and oxygen atoms in total. The second-order valence-corrected chi connectivity index (χ2v) is 8.05. The van der Waals surface area contributed by atoms with E-state index in [0.717, 1.165) is 12.1 Å². The van der Waals surface area contributed by atoms with E-state index in [1.54, 1.807) is 16.7 Å². The zero-order chi connectivity index (χ0) is 24.9. The van der Waals surface area contributed by atoms with E-state index in [4.69, 9.17) is 9.47 Å². The van der Waals surface area contributed by atoms with Crippen molar-refractivity contribution in [1.29, 1.82) is 0 Å². The average molecular weight is 485 g/mol. The lowest BCUT2D eigenvalue weighted by molar-refractivity contribution is 0.0775. The monoisotopic (exact) mass is 484 g/mol. The summed E-state index contributed by atoms with van der Waals surface area (Å²) in [6, 6.07) is 9.67. The van der Waals surface area contributed by atoms with Crippen LogP contribution in [0.2, 0.25) is 0 Å². The maximum Gasteiger partial charge on any atom is 0.268 e. The lowest BCUT2D eigenvalue weighted by atomic mass is 10.1. The van der Waals surface area contributed by atoms with Crippen LogP contribution in [0.4, 0.5) is 8.78 Å². The zero-order valence-electron chi connectivity index (χ0n) is 19.4. The standard InChI is InChI=1S/C25H26F2N4O4/c1-3-19(20-5-4-6-23(29-20)34-2)30-25(33)21-12-17(22-14-35-10-9-31(21)22)24(32)28-13-15-7-8-16(26)11-18(15)27/h4-8,11-12,19H,3,9-10,13-14H2,1-2H3,(H,28,32)(H,30,33). The predicted molar refractivity (Wildman–Crippen MR) is 123 cm³/mol. The maximum absolute atomic E-state index is 13.9. The number of nitrogens with one attached hydrogen (secondary N) is 2. The Morgan fingerprint density at radius 1 is 1.20 bits per heavy atom. The molecule has 0 fully saturated rings. The Labute approximate surface area is 201 Å². The van der Waals surface area contributed by atoms with Gasteiger partial charge >= 0.3 is 0 Å². The lowest BCUT2D eigenvalue weighted by Gasteiger charge is -2.21. The molecule has 4 rings (SSSR count). The first kappa shape index (κ1) is 24.3. The van der Waals surface area contributed by atoms with E-state index in [1.807, 2.05) is 13.0 Å². The van der Waals surface area contributed by atoms with Crippen LogP contribution >= 0.6 is 0 Å². The molecule has 0 spiro atoms. The minimum Gasteiger partial charge on any atom is -0.481 e. The van der Waals surface area contributed by atoms with Crippen molar-refractivity contribution in [2.24, 2.45) is 0 Å². The SMILES string of the molecule is CCC(NC(=O)c1cc(C(=O)NCc2ccc(F)cc2F)c2n1CCOC2)c1cccc(OC)n1. The topological polar surface area (TPSA) is 94.5 Å². The third-order valence-corrected chi connectivity index (χ3v) is 5.86. The number of aromatic nitrogens is 2. The Balaban J connectivity index is 1.55. The van der Waals surface area contributed by atoms with E-state index >= 15 is 0 Å². The van der Waals surface area contributed by atoms with Crippen molar-refractivity contribution >= 4 is 11.8 Å².